The summed E-state index contributed by atoms with van der Waals surface area (Å²) < 4.78 is 0. The number of amides is 1. The Morgan fingerprint density at radius 3 is 2.19 bits per heavy atom. The van der Waals surface area contributed by atoms with E-state index in [1.807, 2.05) is 45.0 Å². The van der Waals surface area contributed by atoms with Gasteiger partial charge in [0.25, 0.3) is 0 Å². The van der Waals surface area contributed by atoms with Gasteiger partial charge in [0.2, 0.25) is 5.91 Å². The van der Waals surface area contributed by atoms with Crippen molar-refractivity contribution in [1.82, 2.24) is 0 Å². The molecule has 0 heterocycles. The van der Waals surface area contributed by atoms with Crippen LogP contribution in [0.25, 0.3) is 0 Å². The molecule has 0 aliphatic heterocycles. The molecule has 2 aromatic carbocycles. The Labute approximate surface area is 126 Å². The van der Waals surface area contributed by atoms with Crippen molar-refractivity contribution < 1.29 is 4.79 Å². The summed E-state index contributed by atoms with van der Waals surface area (Å²) >= 11 is 0. The molecule has 0 aliphatic carbocycles. The summed E-state index contributed by atoms with van der Waals surface area (Å²) in [6.07, 6.45) is 0. The van der Waals surface area contributed by atoms with Gasteiger partial charge in [0, 0.05) is 11.4 Å². The molecule has 0 radical (unpaired) electrons. The van der Waals surface area contributed by atoms with Crippen molar-refractivity contribution in [2.45, 2.75) is 27.7 Å². The first-order valence-electron chi connectivity index (χ1n) is 7.14. The van der Waals surface area contributed by atoms with Crippen LogP contribution >= 0.6 is 0 Å². The average molecular weight is 282 g/mol. The number of anilines is 2. The van der Waals surface area contributed by atoms with E-state index >= 15 is 0 Å². The van der Waals surface area contributed by atoms with Gasteiger partial charge in [-0.1, -0.05) is 35.9 Å². The molecule has 3 nitrogen and oxygen atoms in total. The smallest absolute Gasteiger partial charge is 0.243 e. The maximum atomic E-state index is 12.1. The molecular weight excluding hydrogens is 260 g/mol. The molecule has 2 N–H and O–H groups in total. The van der Waals surface area contributed by atoms with Crippen molar-refractivity contribution >= 4 is 17.3 Å². The monoisotopic (exact) mass is 282 g/mol. The van der Waals surface area contributed by atoms with Crippen LogP contribution in [-0.2, 0) is 4.79 Å². The zero-order valence-electron chi connectivity index (χ0n) is 13.1. The van der Waals surface area contributed by atoms with Gasteiger partial charge in [0.05, 0.1) is 6.54 Å². The Morgan fingerprint density at radius 1 is 0.952 bits per heavy atom. The zero-order valence-corrected chi connectivity index (χ0v) is 13.1. The van der Waals surface area contributed by atoms with Crippen LogP contribution in [0.2, 0.25) is 0 Å². The summed E-state index contributed by atoms with van der Waals surface area (Å²) in [5.74, 6) is -0.0340. The van der Waals surface area contributed by atoms with Crippen molar-refractivity contribution in [3.63, 3.8) is 0 Å². The minimum absolute atomic E-state index is 0.0340. The van der Waals surface area contributed by atoms with Gasteiger partial charge in [-0.15, -0.1) is 0 Å². The highest BCUT2D eigenvalue weighted by Gasteiger charge is 2.08. The van der Waals surface area contributed by atoms with Crippen LogP contribution in [0, 0.1) is 27.7 Å². The number of hydrogen-bond acceptors (Lipinski definition) is 2. The van der Waals surface area contributed by atoms with E-state index in [9.17, 15) is 4.79 Å². The summed E-state index contributed by atoms with van der Waals surface area (Å²) in [7, 11) is 0. The highest BCUT2D eigenvalue weighted by molar-refractivity contribution is 5.95. The number of hydrogen-bond donors (Lipinski definition) is 2. The van der Waals surface area contributed by atoms with Gasteiger partial charge >= 0.3 is 0 Å². The van der Waals surface area contributed by atoms with Gasteiger partial charge in [0.1, 0.15) is 0 Å². The van der Waals surface area contributed by atoms with Crippen LogP contribution < -0.4 is 10.6 Å². The normalized spacial score (nSPS) is 10.3. The topological polar surface area (TPSA) is 41.1 Å². The fourth-order valence-electron chi connectivity index (χ4n) is 2.51. The predicted octanol–water partition coefficient (Wildman–Crippen LogP) is 3.97. The minimum Gasteiger partial charge on any atom is -0.376 e. The number of carbonyl (C=O) groups excluding carboxylic acids is 1. The van der Waals surface area contributed by atoms with Crippen LogP contribution in [0.5, 0.6) is 0 Å². The lowest BCUT2D eigenvalue weighted by Crippen LogP contribution is -2.23. The Hall–Kier alpha value is -2.29. The summed E-state index contributed by atoms with van der Waals surface area (Å²) in [6.45, 7) is 8.38. The van der Waals surface area contributed by atoms with E-state index in [0.29, 0.717) is 0 Å². The molecule has 0 unspecified atom stereocenters. The summed E-state index contributed by atoms with van der Waals surface area (Å²) in [5.41, 5.74) is 6.43. The zero-order chi connectivity index (χ0) is 15.4. The van der Waals surface area contributed by atoms with Crippen LogP contribution in [-0.4, -0.2) is 12.5 Å². The van der Waals surface area contributed by atoms with Gasteiger partial charge < -0.3 is 10.6 Å². The van der Waals surface area contributed by atoms with E-state index in [1.54, 1.807) is 0 Å². The first-order chi connectivity index (χ1) is 9.97. The van der Waals surface area contributed by atoms with E-state index in [1.165, 1.54) is 5.56 Å². The number of benzene rings is 2. The molecular formula is C18H22N2O. The van der Waals surface area contributed by atoms with Crippen molar-refractivity contribution in [3.8, 4) is 0 Å². The van der Waals surface area contributed by atoms with Crippen LogP contribution in [0.3, 0.4) is 0 Å². The van der Waals surface area contributed by atoms with Crippen molar-refractivity contribution in [3.05, 3.63) is 58.7 Å². The fraction of sp³-hybridized carbons (Fsp3) is 0.278. The molecule has 0 saturated heterocycles. The number of carbonyl (C=O) groups is 1. The molecule has 3 heteroatoms. The Kier molecular flexibility index (Phi) is 4.63. The molecule has 0 aromatic heterocycles. The molecule has 0 fully saturated rings. The number of rotatable bonds is 4. The molecule has 0 aliphatic rings. The van der Waals surface area contributed by atoms with E-state index < -0.39 is 0 Å². The first-order valence-corrected chi connectivity index (χ1v) is 7.14. The first kappa shape index (κ1) is 15.1. The van der Waals surface area contributed by atoms with Gasteiger partial charge in [-0.2, -0.15) is 0 Å². The van der Waals surface area contributed by atoms with E-state index in [2.05, 4.69) is 29.7 Å². The third-order valence-electron chi connectivity index (χ3n) is 3.53. The van der Waals surface area contributed by atoms with Crippen molar-refractivity contribution in [1.29, 1.82) is 0 Å². The lowest BCUT2D eigenvalue weighted by Gasteiger charge is -2.14. The molecule has 1 amide bonds. The molecule has 0 bridgehead atoms. The maximum absolute atomic E-state index is 12.1. The fourth-order valence-corrected chi connectivity index (χ4v) is 2.51. The summed E-state index contributed by atoms with van der Waals surface area (Å²) in [4.78, 5) is 12.1. The largest absolute Gasteiger partial charge is 0.376 e. The Morgan fingerprint density at radius 2 is 1.57 bits per heavy atom. The minimum atomic E-state index is -0.0340. The Balaban J connectivity index is 2.01. The Bertz CT molecular complexity index is 639. The van der Waals surface area contributed by atoms with Crippen LogP contribution in [0.1, 0.15) is 22.3 Å². The van der Waals surface area contributed by atoms with Gasteiger partial charge in [-0.05, 0) is 50.5 Å². The van der Waals surface area contributed by atoms with Crippen molar-refractivity contribution in [2.24, 2.45) is 0 Å². The second-order valence-corrected chi connectivity index (χ2v) is 5.49. The highest BCUT2D eigenvalue weighted by Crippen LogP contribution is 2.21. The van der Waals surface area contributed by atoms with Gasteiger partial charge in [-0.25, -0.2) is 0 Å². The second-order valence-electron chi connectivity index (χ2n) is 5.49. The number of para-hydroxylation sites is 1. The lowest BCUT2D eigenvalue weighted by atomic mass is 10.1. The molecule has 0 spiro atoms. The third kappa shape index (κ3) is 3.85. The average Bonchev–Trinajstić information content (AvgIpc) is 2.42. The summed E-state index contributed by atoms with van der Waals surface area (Å²) in [6, 6.07) is 12.1. The standard InChI is InChI=1S/C18H22N2O/c1-12-9-14(3)18(15(4)10-12)20-17(21)11-19-16-8-6-5-7-13(16)2/h5-10,19H,11H2,1-4H3,(H,20,21). The molecule has 2 rings (SSSR count). The molecule has 21 heavy (non-hydrogen) atoms. The maximum Gasteiger partial charge on any atom is 0.243 e. The molecule has 0 atom stereocenters. The number of aryl methyl sites for hydroxylation is 4. The molecule has 0 saturated carbocycles. The van der Waals surface area contributed by atoms with E-state index in [4.69, 9.17) is 0 Å². The van der Waals surface area contributed by atoms with Crippen LogP contribution in [0.15, 0.2) is 36.4 Å². The summed E-state index contributed by atoms with van der Waals surface area (Å²) in [5, 5.41) is 6.17. The van der Waals surface area contributed by atoms with E-state index in [-0.39, 0.29) is 12.5 Å². The predicted molar refractivity (Wildman–Crippen MR) is 89.0 cm³/mol. The lowest BCUT2D eigenvalue weighted by molar-refractivity contribution is -0.114. The highest BCUT2D eigenvalue weighted by atomic mass is 16.1. The van der Waals surface area contributed by atoms with E-state index in [0.717, 1.165) is 28.1 Å². The quantitative estimate of drug-likeness (QED) is 0.891. The molecule has 110 valence electrons. The molecule has 2 aromatic rings. The SMILES string of the molecule is Cc1cc(C)c(NC(=O)CNc2ccccc2C)c(C)c1. The third-order valence-corrected chi connectivity index (χ3v) is 3.53. The van der Waals surface area contributed by atoms with Crippen molar-refractivity contribution in [2.75, 3.05) is 17.2 Å². The second kappa shape index (κ2) is 6.44. The van der Waals surface area contributed by atoms with Gasteiger partial charge in [0.15, 0.2) is 0 Å². The van der Waals surface area contributed by atoms with Crippen LogP contribution in [0.4, 0.5) is 11.4 Å². The number of nitrogens with one attached hydrogen (secondary N) is 2. The van der Waals surface area contributed by atoms with Gasteiger partial charge in [-0.3, -0.25) is 4.79 Å².